The van der Waals surface area contributed by atoms with Crippen molar-refractivity contribution in [2.75, 3.05) is 0 Å². The minimum absolute atomic E-state index is 0.287. The van der Waals surface area contributed by atoms with Crippen LogP contribution in [0.1, 0.15) is 27.7 Å². The normalized spacial score (nSPS) is 9.16. The lowest BCUT2D eigenvalue weighted by atomic mass is 10.2. The van der Waals surface area contributed by atoms with Gasteiger partial charge in [-0.05, 0) is 0 Å². The molecule has 0 atom stereocenters. The minimum atomic E-state index is -1.81. The van der Waals surface area contributed by atoms with Crippen LogP contribution in [0.15, 0.2) is 0 Å². The van der Waals surface area contributed by atoms with Crippen LogP contribution < -0.4 is 0 Å². The van der Waals surface area contributed by atoms with Crippen LogP contribution in [0.4, 0.5) is 9.59 Å². The molecule has 0 aliphatic carbocycles. The fourth-order valence-corrected chi connectivity index (χ4v) is 0.349. The summed E-state index contributed by atoms with van der Waals surface area (Å²) in [5.41, 5.74) is 0. The number of hydrogen-bond donors (Lipinski definition) is 2. The highest BCUT2D eigenvalue weighted by atomic mass is 17.2. The van der Waals surface area contributed by atoms with Crippen LogP contribution in [0, 0.1) is 11.8 Å². The van der Waals surface area contributed by atoms with E-state index in [0.29, 0.717) is 0 Å². The second-order valence-corrected chi connectivity index (χ2v) is 3.75. The third kappa shape index (κ3) is 13.6. The van der Waals surface area contributed by atoms with Gasteiger partial charge in [-0.1, -0.05) is 27.7 Å². The fraction of sp³-hybridized carbons (Fsp3) is 0.600. The zero-order valence-corrected chi connectivity index (χ0v) is 10.9. The average Bonchev–Trinajstić information content (AvgIpc) is 2.23. The maximum Gasteiger partial charge on any atom is 0.516 e. The van der Waals surface area contributed by atoms with Crippen LogP contribution in [0.25, 0.3) is 0 Å². The highest BCUT2D eigenvalue weighted by molar-refractivity contribution is 5.75. The first-order valence-corrected chi connectivity index (χ1v) is 5.13. The van der Waals surface area contributed by atoms with Crippen molar-refractivity contribution in [3.05, 3.63) is 0 Å². The molecule has 9 nitrogen and oxygen atoms in total. The van der Waals surface area contributed by atoms with E-state index in [2.05, 4.69) is 14.5 Å². The van der Waals surface area contributed by atoms with Crippen molar-refractivity contribution in [2.24, 2.45) is 11.8 Å². The fourth-order valence-electron chi connectivity index (χ4n) is 0.349. The summed E-state index contributed by atoms with van der Waals surface area (Å²) in [5, 5.41) is 15.0. The average molecular weight is 280 g/mol. The van der Waals surface area contributed by atoms with E-state index in [1.807, 2.05) is 0 Å². The van der Waals surface area contributed by atoms with Gasteiger partial charge >= 0.3 is 24.2 Å². The standard InChI is InChI=1S/C8H14O4.C2H2O5/c1-5(2)7(9)11-12-8(10)6(3)4;3-1(4)7-2(5)6/h5-6H,1-4H3;(H,3,4)(H,5,6). The second kappa shape index (κ2) is 9.68. The summed E-state index contributed by atoms with van der Waals surface area (Å²) in [4.78, 5) is 48.4. The maximum absolute atomic E-state index is 10.8. The van der Waals surface area contributed by atoms with Crippen LogP contribution in [-0.4, -0.2) is 34.5 Å². The number of carboxylic acid groups (broad SMARTS) is 2. The van der Waals surface area contributed by atoms with Crippen LogP contribution in [-0.2, 0) is 24.1 Å². The van der Waals surface area contributed by atoms with Crippen molar-refractivity contribution in [3.8, 4) is 0 Å². The Morgan fingerprint density at radius 2 is 1.00 bits per heavy atom. The third-order valence-corrected chi connectivity index (χ3v) is 1.32. The molecule has 0 saturated carbocycles. The number of carbonyl (C=O) groups excluding carboxylic acids is 2. The van der Waals surface area contributed by atoms with Gasteiger partial charge < -0.3 is 14.9 Å². The first-order valence-electron chi connectivity index (χ1n) is 5.13. The molecule has 0 aromatic carbocycles. The van der Waals surface area contributed by atoms with Gasteiger partial charge in [-0.15, -0.1) is 0 Å². The summed E-state index contributed by atoms with van der Waals surface area (Å²) in [6.45, 7) is 6.63. The zero-order chi connectivity index (χ0) is 15.6. The summed E-state index contributed by atoms with van der Waals surface area (Å²) in [6, 6.07) is 0. The van der Waals surface area contributed by atoms with E-state index in [1.165, 1.54) is 0 Å². The maximum atomic E-state index is 10.8. The van der Waals surface area contributed by atoms with Crippen molar-refractivity contribution >= 4 is 24.2 Å². The van der Waals surface area contributed by atoms with Gasteiger partial charge in [0.2, 0.25) is 0 Å². The van der Waals surface area contributed by atoms with E-state index in [-0.39, 0.29) is 11.8 Å². The first-order chi connectivity index (χ1) is 8.57. The van der Waals surface area contributed by atoms with Crippen LogP contribution >= 0.6 is 0 Å². The largest absolute Gasteiger partial charge is 0.516 e. The lowest BCUT2D eigenvalue weighted by Crippen LogP contribution is -2.18. The van der Waals surface area contributed by atoms with E-state index < -0.39 is 24.2 Å². The van der Waals surface area contributed by atoms with Crippen molar-refractivity contribution in [3.63, 3.8) is 0 Å². The van der Waals surface area contributed by atoms with E-state index in [9.17, 15) is 19.2 Å². The Labute approximate surface area is 109 Å². The third-order valence-electron chi connectivity index (χ3n) is 1.32. The minimum Gasteiger partial charge on any atom is -0.449 e. The summed E-state index contributed by atoms with van der Waals surface area (Å²) in [7, 11) is 0. The SMILES string of the molecule is CC(C)C(=O)OOC(=O)C(C)C.O=C(O)OC(=O)O. The van der Waals surface area contributed by atoms with Crippen LogP contribution in [0.5, 0.6) is 0 Å². The van der Waals surface area contributed by atoms with Crippen LogP contribution in [0.3, 0.4) is 0 Å². The lowest BCUT2D eigenvalue weighted by Gasteiger charge is -2.05. The Balaban J connectivity index is 0. The van der Waals surface area contributed by atoms with Gasteiger partial charge in [0.1, 0.15) is 0 Å². The molecule has 110 valence electrons. The molecule has 2 N–H and O–H groups in total. The highest BCUT2D eigenvalue weighted by Crippen LogP contribution is 2.00. The Bertz CT molecular complexity index is 300. The van der Waals surface area contributed by atoms with Gasteiger partial charge in [0.05, 0.1) is 11.8 Å². The highest BCUT2D eigenvalue weighted by Gasteiger charge is 2.15. The molecule has 0 radical (unpaired) electrons. The molecule has 0 saturated heterocycles. The number of hydrogen-bond acceptors (Lipinski definition) is 7. The van der Waals surface area contributed by atoms with E-state index in [0.717, 1.165) is 0 Å². The number of ether oxygens (including phenoxy) is 1. The molecule has 0 aromatic heterocycles. The van der Waals surface area contributed by atoms with Gasteiger partial charge in [-0.2, -0.15) is 0 Å². The molecule has 19 heavy (non-hydrogen) atoms. The lowest BCUT2D eigenvalue weighted by molar-refractivity contribution is -0.263. The Kier molecular flexibility index (Phi) is 9.70. The van der Waals surface area contributed by atoms with Crippen LogP contribution in [0.2, 0.25) is 0 Å². The van der Waals surface area contributed by atoms with Gasteiger partial charge in [0.15, 0.2) is 0 Å². The van der Waals surface area contributed by atoms with Crippen molar-refractivity contribution in [1.82, 2.24) is 0 Å². The molecule has 0 unspecified atom stereocenters. The predicted molar refractivity (Wildman–Crippen MR) is 59.0 cm³/mol. The molecule has 9 heteroatoms. The van der Waals surface area contributed by atoms with E-state index >= 15 is 0 Å². The van der Waals surface area contributed by atoms with Crippen molar-refractivity contribution in [2.45, 2.75) is 27.7 Å². The van der Waals surface area contributed by atoms with Gasteiger partial charge in [-0.3, -0.25) is 0 Å². The summed E-state index contributed by atoms with van der Waals surface area (Å²) in [5.74, 6) is -1.65. The molecule has 0 fully saturated rings. The molecular weight excluding hydrogens is 264 g/mol. The number of carbonyl (C=O) groups is 4. The molecule has 0 rings (SSSR count). The first kappa shape index (κ1) is 19.0. The van der Waals surface area contributed by atoms with Crippen molar-refractivity contribution in [1.29, 1.82) is 0 Å². The molecule has 0 aliphatic heterocycles. The molecule has 0 aliphatic rings. The predicted octanol–water partition coefficient (Wildman–Crippen LogP) is 1.66. The van der Waals surface area contributed by atoms with E-state index in [4.69, 9.17) is 10.2 Å². The Morgan fingerprint density at radius 1 is 0.737 bits per heavy atom. The molecular formula is C10H16O9. The molecule has 0 spiro atoms. The monoisotopic (exact) mass is 280 g/mol. The van der Waals surface area contributed by atoms with E-state index in [1.54, 1.807) is 27.7 Å². The van der Waals surface area contributed by atoms with Gasteiger partial charge in [-0.25, -0.2) is 29.0 Å². The quantitative estimate of drug-likeness (QED) is 0.334. The molecule has 0 amide bonds. The number of rotatable bonds is 2. The molecule has 0 heterocycles. The summed E-state index contributed by atoms with van der Waals surface area (Å²) < 4.78 is 3.08. The Morgan fingerprint density at radius 3 is 1.11 bits per heavy atom. The van der Waals surface area contributed by atoms with Gasteiger partial charge in [0, 0.05) is 0 Å². The van der Waals surface area contributed by atoms with Crippen molar-refractivity contribution < 1.29 is 43.9 Å². The molecule has 0 aromatic rings. The second-order valence-electron chi connectivity index (χ2n) is 3.75. The van der Waals surface area contributed by atoms with Gasteiger partial charge in [0.25, 0.3) is 0 Å². The molecule has 0 bridgehead atoms. The smallest absolute Gasteiger partial charge is 0.449 e. The Hall–Kier alpha value is -2.32. The zero-order valence-electron chi connectivity index (χ0n) is 10.9. The summed E-state index contributed by atoms with van der Waals surface area (Å²) >= 11 is 0. The topological polar surface area (TPSA) is 136 Å². The summed E-state index contributed by atoms with van der Waals surface area (Å²) in [6.07, 6.45) is -3.62.